The Labute approximate surface area is 504 Å². The Morgan fingerprint density at radius 1 is 0.390 bits per heavy atom. The number of fused-ring (bicyclic) bond motifs is 3. The van der Waals surface area contributed by atoms with Gasteiger partial charge in [0.1, 0.15) is 0 Å². The van der Waals surface area contributed by atoms with E-state index in [1.165, 1.54) is 191 Å². The predicted octanol–water partition coefficient (Wildman–Crippen LogP) is 22.5. The number of hydrogen-bond donors (Lipinski definition) is 0. The first-order chi connectivity index (χ1) is 36.8. The van der Waals surface area contributed by atoms with Crippen LogP contribution in [0.3, 0.4) is 0 Å². The van der Waals surface area contributed by atoms with Crippen molar-refractivity contribution >= 4 is 43.0 Å². The molecule has 6 aliphatic carbocycles. The third kappa shape index (κ3) is 13.0. The fraction of sp³-hybridized carbons (Fsp3) is 0.425. The topological polar surface area (TPSA) is 0 Å². The van der Waals surface area contributed by atoms with Crippen molar-refractivity contribution in [2.45, 2.75) is 173 Å². The fourth-order valence-electron chi connectivity index (χ4n) is 15.2. The summed E-state index contributed by atoms with van der Waals surface area (Å²) in [7, 11) is 0. The van der Waals surface area contributed by atoms with Crippen molar-refractivity contribution in [3.05, 3.63) is 196 Å². The summed E-state index contributed by atoms with van der Waals surface area (Å²) in [6, 6.07) is 54.9. The van der Waals surface area contributed by atoms with Gasteiger partial charge in [0.15, 0.2) is 0 Å². The number of halogens is 2. The Kier molecular flexibility index (Phi) is 20.3. The van der Waals surface area contributed by atoms with Crippen molar-refractivity contribution in [2.75, 3.05) is 0 Å². The van der Waals surface area contributed by atoms with E-state index in [2.05, 4.69) is 185 Å². The predicted molar refractivity (Wildman–Crippen MR) is 328 cm³/mol. The second-order valence-electron chi connectivity index (χ2n) is 24.6. The first-order valence-electron chi connectivity index (χ1n) is 29.9. The summed E-state index contributed by atoms with van der Waals surface area (Å²) in [5, 5.41) is 0. The molecule has 12 rings (SSSR count). The molecule has 3 atom stereocenters. The SMILES string of the molecule is CC1(CC2=Cc3c(-c4ccccc4)cccc3[CH]2[Zr])CCCCCCC1.CCC1(CC2=Cc3c(-c4ccccc4)cccc3[CH]2[Zr][CH]2C(CC3(CC)CCCCC3)=Cc3c(-c4ccccc4)cccc32)CCCCC1.Cl.Cl. The minimum absolute atomic E-state index is 0. The van der Waals surface area contributed by atoms with E-state index in [0.717, 1.165) is 0 Å². The second kappa shape index (κ2) is 26.6. The first-order valence-corrected chi connectivity index (χ1v) is 34.2. The van der Waals surface area contributed by atoms with Gasteiger partial charge >= 0.3 is 484 Å². The Balaban J connectivity index is 0.000000218. The van der Waals surface area contributed by atoms with Crippen LogP contribution < -0.4 is 0 Å². The van der Waals surface area contributed by atoms with E-state index in [1.54, 1.807) is 58.1 Å². The summed E-state index contributed by atoms with van der Waals surface area (Å²) in [6.07, 6.45) is 38.7. The number of benzene rings is 6. The van der Waals surface area contributed by atoms with Gasteiger partial charge in [-0.15, -0.1) is 24.8 Å². The molecule has 3 unspecified atom stereocenters. The summed E-state index contributed by atoms with van der Waals surface area (Å²) in [6.45, 7) is 7.54. The summed E-state index contributed by atoms with van der Waals surface area (Å²) < 4.78 is 1.93. The van der Waals surface area contributed by atoms with Crippen molar-refractivity contribution in [2.24, 2.45) is 16.2 Å². The Bertz CT molecular complexity index is 2850. The van der Waals surface area contributed by atoms with Crippen LogP contribution in [0.5, 0.6) is 0 Å². The van der Waals surface area contributed by atoms with Crippen LogP contribution in [-0.4, -0.2) is 0 Å². The summed E-state index contributed by atoms with van der Waals surface area (Å²) in [5.74, 6) is 0. The molecule has 0 bridgehead atoms. The fourth-order valence-corrected chi connectivity index (χ4v) is 21.2. The van der Waals surface area contributed by atoms with Gasteiger partial charge < -0.3 is 0 Å². The molecule has 6 aromatic rings. The third-order valence-corrected chi connectivity index (χ3v) is 26.4. The minimum Gasteiger partial charge on any atom is -0.147 e. The molecule has 3 saturated carbocycles. The van der Waals surface area contributed by atoms with Crippen LogP contribution in [-0.2, 0) is 48.0 Å². The average molecular weight is 1220 g/mol. The van der Waals surface area contributed by atoms with Crippen LogP contribution in [0.15, 0.2) is 162 Å². The van der Waals surface area contributed by atoms with Gasteiger partial charge in [0.05, 0.1) is 0 Å². The van der Waals surface area contributed by atoms with E-state index in [9.17, 15) is 0 Å². The number of rotatable bonds is 13. The summed E-state index contributed by atoms with van der Waals surface area (Å²) in [4.78, 5) is 0. The van der Waals surface area contributed by atoms with E-state index in [0.29, 0.717) is 27.1 Å². The van der Waals surface area contributed by atoms with Crippen molar-refractivity contribution in [1.29, 1.82) is 0 Å². The Morgan fingerprint density at radius 3 is 1.13 bits per heavy atom. The van der Waals surface area contributed by atoms with Gasteiger partial charge in [-0.1, -0.05) is 0 Å². The molecular weight excluding hydrogens is 1130 g/mol. The normalized spacial score (nSPS) is 21.6. The molecule has 0 spiro atoms. The molecule has 0 heterocycles. The molecule has 6 aliphatic rings. The molecular formula is C73H85Cl2Zr2. The molecule has 4 heteroatoms. The van der Waals surface area contributed by atoms with Crippen LogP contribution >= 0.6 is 24.8 Å². The molecule has 399 valence electrons. The van der Waals surface area contributed by atoms with Crippen molar-refractivity contribution in [3.63, 3.8) is 0 Å². The zero-order chi connectivity index (χ0) is 51.2. The zero-order valence-electron chi connectivity index (χ0n) is 46.7. The van der Waals surface area contributed by atoms with Crippen molar-refractivity contribution in [3.8, 4) is 33.4 Å². The molecule has 6 aromatic carbocycles. The third-order valence-electron chi connectivity index (χ3n) is 19.7. The average Bonchev–Trinajstić information content (AvgIpc) is 4.10. The largest absolute Gasteiger partial charge is 0.147 e. The smallest absolute Gasteiger partial charge is 0.147 e. The van der Waals surface area contributed by atoms with Gasteiger partial charge in [0.2, 0.25) is 0 Å². The molecule has 0 aromatic heterocycles. The molecule has 0 radical (unpaired) electrons. The Hall–Kier alpha value is -3.11. The van der Waals surface area contributed by atoms with E-state index < -0.39 is 23.2 Å². The minimum atomic E-state index is -1.05. The first kappa shape index (κ1) is 58.5. The van der Waals surface area contributed by atoms with Gasteiger partial charge in [-0.2, -0.15) is 0 Å². The quantitative estimate of drug-likeness (QED) is 0.108. The molecule has 0 aliphatic heterocycles. The van der Waals surface area contributed by atoms with Crippen LogP contribution in [0.2, 0.25) is 0 Å². The van der Waals surface area contributed by atoms with Crippen LogP contribution in [0.25, 0.3) is 51.6 Å². The van der Waals surface area contributed by atoms with E-state index in [-0.39, 0.29) is 24.8 Å². The molecule has 0 N–H and O–H groups in total. The zero-order valence-corrected chi connectivity index (χ0v) is 53.2. The standard InChI is InChI=1S/C25H29.2C24H27.2ClH.2Zr/c1-25(15-8-3-2-4-9-16-25)19-20-17-22-13-10-14-23(24(22)18-20)21-11-6-5-7-12-21;2*1-2-24(14-7-4-8-15-24)18-19-16-21-12-9-13-22(23(21)17-19)20-10-5-3-6-11-20;;;;/h5-7,10-14,17-18H,2-4,8-9,15-16,19H2,1H3;2*3,5-6,9-13,16-17H,2,4,7-8,14-15,18H2,1H3;2*1H;;. The van der Waals surface area contributed by atoms with Crippen LogP contribution in [0.1, 0.15) is 206 Å². The van der Waals surface area contributed by atoms with Gasteiger partial charge in [0, 0.05) is 0 Å². The molecule has 3 fully saturated rings. The van der Waals surface area contributed by atoms with Gasteiger partial charge in [-0.25, -0.2) is 0 Å². The van der Waals surface area contributed by atoms with Gasteiger partial charge in [-0.05, 0) is 0 Å². The van der Waals surface area contributed by atoms with Crippen LogP contribution in [0, 0.1) is 16.2 Å². The maximum Gasteiger partial charge on any atom is -0.147 e. The van der Waals surface area contributed by atoms with E-state index in [4.69, 9.17) is 0 Å². The maximum absolute atomic E-state index is 2.73. The molecule has 77 heavy (non-hydrogen) atoms. The second-order valence-corrected chi connectivity index (χ2v) is 29.7. The maximum atomic E-state index is 2.73. The van der Waals surface area contributed by atoms with Crippen molar-refractivity contribution in [1.82, 2.24) is 0 Å². The monoisotopic (exact) mass is 1210 g/mol. The van der Waals surface area contributed by atoms with Gasteiger partial charge in [0.25, 0.3) is 0 Å². The Morgan fingerprint density at radius 2 is 0.727 bits per heavy atom. The molecule has 0 amide bonds. The van der Waals surface area contributed by atoms with Gasteiger partial charge in [-0.3, -0.25) is 0 Å². The summed E-state index contributed by atoms with van der Waals surface area (Å²) >= 11 is 0.596. The van der Waals surface area contributed by atoms with E-state index >= 15 is 0 Å². The van der Waals surface area contributed by atoms with Crippen molar-refractivity contribution < 1.29 is 48.0 Å². The van der Waals surface area contributed by atoms with Crippen LogP contribution in [0.4, 0.5) is 0 Å². The van der Waals surface area contributed by atoms with E-state index in [1.807, 2.05) is 0 Å². The molecule has 0 nitrogen and oxygen atoms in total. The summed E-state index contributed by atoms with van der Waals surface area (Å²) in [5.41, 5.74) is 24.6. The number of allylic oxidation sites excluding steroid dienone is 3. The molecule has 0 saturated heterocycles. The number of hydrogen-bond acceptors (Lipinski definition) is 0.